The summed E-state index contributed by atoms with van der Waals surface area (Å²) in [6.45, 7) is 3.04. The molecule has 10 heteroatoms. The van der Waals surface area contributed by atoms with Crippen molar-refractivity contribution in [3.8, 4) is 23.1 Å². The Morgan fingerprint density at radius 2 is 2.08 bits per heavy atom. The molecule has 0 N–H and O–H groups in total. The molecule has 0 aliphatic carbocycles. The highest BCUT2D eigenvalue weighted by molar-refractivity contribution is 5.88. The minimum atomic E-state index is -0.278. The predicted molar refractivity (Wildman–Crippen MR) is 136 cm³/mol. The van der Waals surface area contributed by atoms with Gasteiger partial charge in [0.2, 0.25) is 5.71 Å². The number of furan rings is 1. The lowest BCUT2D eigenvalue weighted by molar-refractivity contribution is 0.0908. The van der Waals surface area contributed by atoms with Gasteiger partial charge in [0.25, 0.3) is 0 Å². The van der Waals surface area contributed by atoms with E-state index in [-0.39, 0.29) is 18.0 Å². The van der Waals surface area contributed by atoms with E-state index in [4.69, 9.17) is 9.15 Å². The smallest absolute Gasteiger partial charge is 0.229 e. The number of halogens is 1. The van der Waals surface area contributed by atoms with Gasteiger partial charge in [-0.1, -0.05) is 0 Å². The Morgan fingerprint density at radius 3 is 2.86 bits per heavy atom. The molecule has 5 rings (SSSR count). The van der Waals surface area contributed by atoms with Gasteiger partial charge in [-0.15, -0.1) is 0 Å². The molecule has 0 radical (unpaired) electrons. The van der Waals surface area contributed by atoms with Gasteiger partial charge in [-0.3, -0.25) is 4.68 Å². The van der Waals surface area contributed by atoms with Gasteiger partial charge in [-0.25, -0.2) is 14.4 Å². The number of likely N-dealkylation sites (tertiary alicyclic amines) is 1. The molecule has 1 saturated heterocycles. The molecule has 4 aromatic rings. The number of aromatic nitrogens is 4. The second kappa shape index (κ2) is 11.1. The molecule has 1 unspecified atom stereocenters. The molecule has 0 spiro atoms. The van der Waals surface area contributed by atoms with Gasteiger partial charge in [-0.2, -0.15) is 10.4 Å². The van der Waals surface area contributed by atoms with E-state index in [1.54, 1.807) is 18.5 Å². The fraction of sp³-hybridized carbons (Fsp3) is 0.407. The maximum absolute atomic E-state index is 14.1. The molecule has 1 fully saturated rings. The lowest BCUT2D eigenvalue weighted by Gasteiger charge is -2.34. The van der Waals surface area contributed by atoms with E-state index in [1.165, 1.54) is 12.4 Å². The van der Waals surface area contributed by atoms with E-state index in [0.717, 1.165) is 48.1 Å². The van der Waals surface area contributed by atoms with Crippen molar-refractivity contribution in [2.45, 2.75) is 38.0 Å². The molecule has 1 atom stereocenters. The van der Waals surface area contributed by atoms with E-state index >= 15 is 0 Å². The first kappa shape index (κ1) is 24.9. The van der Waals surface area contributed by atoms with Crippen molar-refractivity contribution in [1.82, 2.24) is 29.5 Å². The SMILES string of the molecule is CN(C)Cc1cc(F)cc(OC2CCN(CC(CC#N)n3cc(-c4ncnc5occc45)cn3)CC2)c1. The van der Waals surface area contributed by atoms with E-state index < -0.39 is 0 Å². The molecule has 37 heavy (non-hydrogen) atoms. The fourth-order valence-corrected chi connectivity index (χ4v) is 4.87. The van der Waals surface area contributed by atoms with Crippen LogP contribution >= 0.6 is 0 Å². The minimum Gasteiger partial charge on any atom is -0.490 e. The topological polar surface area (TPSA) is 96.2 Å². The van der Waals surface area contributed by atoms with E-state index in [1.807, 2.05) is 42.0 Å². The van der Waals surface area contributed by atoms with Crippen molar-refractivity contribution in [3.63, 3.8) is 0 Å². The van der Waals surface area contributed by atoms with Gasteiger partial charge in [0, 0.05) is 44.0 Å². The number of nitriles is 1. The number of ether oxygens (including phenoxy) is 1. The third kappa shape index (κ3) is 5.96. The Bertz CT molecular complexity index is 1380. The molecule has 0 bridgehead atoms. The van der Waals surface area contributed by atoms with Crippen LogP contribution in [-0.4, -0.2) is 69.4 Å². The van der Waals surface area contributed by atoms with Crippen molar-refractivity contribution < 1.29 is 13.5 Å². The normalized spacial score (nSPS) is 15.8. The van der Waals surface area contributed by atoms with Crippen LogP contribution < -0.4 is 4.74 Å². The first-order valence-corrected chi connectivity index (χ1v) is 12.4. The summed E-state index contributed by atoms with van der Waals surface area (Å²) in [4.78, 5) is 12.9. The molecule has 4 heterocycles. The summed E-state index contributed by atoms with van der Waals surface area (Å²) in [6, 6.07) is 8.98. The summed E-state index contributed by atoms with van der Waals surface area (Å²) < 4.78 is 27.5. The van der Waals surface area contributed by atoms with Crippen LogP contribution in [0.1, 0.15) is 30.9 Å². The number of nitrogens with zero attached hydrogens (tertiary/aromatic N) is 7. The van der Waals surface area contributed by atoms with E-state index in [9.17, 15) is 9.65 Å². The summed E-state index contributed by atoms with van der Waals surface area (Å²) in [5, 5.41) is 14.9. The van der Waals surface area contributed by atoms with Crippen molar-refractivity contribution >= 4 is 11.1 Å². The predicted octanol–water partition coefficient (Wildman–Crippen LogP) is 4.29. The quantitative estimate of drug-likeness (QED) is 0.334. The number of hydrogen-bond donors (Lipinski definition) is 0. The Morgan fingerprint density at radius 1 is 1.24 bits per heavy atom. The van der Waals surface area contributed by atoms with Crippen LogP contribution in [0.15, 0.2) is 53.7 Å². The third-order valence-corrected chi connectivity index (χ3v) is 6.57. The number of hydrogen-bond acceptors (Lipinski definition) is 8. The Balaban J connectivity index is 1.21. The summed E-state index contributed by atoms with van der Waals surface area (Å²) in [7, 11) is 3.91. The zero-order chi connectivity index (χ0) is 25.8. The zero-order valence-corrected chi connectivity index (χ0v) is 21.0. The van der Waals surface area contributed by atoms with Crippen LogP contribution in [0.25, 0.3) is 22.4 Å². The number of fused-ring (bicyclic) bond motifs is 1. The van der Waals surface area contributed by atoms with Gasteiger partial charge in [0.05, 0.1) is 42.1 Å². The van der Waals surface area contributed by atoms with E-state index in [2.05, 4.69) is 26.0 Å². The average Bonchev–Trinajstić information content (AvgIpc) is 3.54. The second-order valence-corrected chi connectivity index (χ2v) is 9.74. The minimum absolute atomic E-state index is 0.0334. The zero-order valence-electron chi connectivity index (χ0n) is 21.0. The molecule has 3 aromatic heterocycles. The van der Waals surface area contributed by atoms with Gasteiger partial charge >= 0.3 is 0 Å². The largest absolute Gasteiger partial charge is 0.490 e. The second-order valence-electron chi connectivity index (χ2n) is 9.74. The third-order valence-electron chi connectivity index (χ3n) is 6.57. The number of piperidine rings is 1. The van der Waals surface area contributed by atoms with E-state index in [0.29, 0.717) is 31.0 Å². The molecular formula is C27H30FN7O2. The van der Waals surface area contributed by atoms with Crippen molar-refractivity contribution in [3.05, 3.63) is 60.6 Å². The molecule has 0 amide bonds. The first-order valence-electron chi connectivity index (χ1n) is 12.4. The van der Waals surface area contributed by atoms with Gasteiger partial charge in [-0.05, 0) is 50.7 Å². The molecule has 9 nitrogen and oxygen atoms in total. The van der Waals surface area contributed by atoms with Gasteiger partial charge in [0.1, 0.15) is 24.0 Å². The fourth-order valence-electron chi connectivity index (χ4n) is 4.87. The van der Waals surface area contributed by atoms with Crippen molar-refractivity contribution in [1.29, 1.82) is 5.26 Å². The highest BCUT2D eigenvalue weighted by Gasteiger charge is 2.25. The monoisotopic (exact) mass is 503 g/mol. The first-order chi connectivity index (χ1) is 18.0. The maximum Gasteiger partial charge on any atom is 0.229 e. The molecule has 1 aromatic carbocycles. The van der Waals surface area contributed by atoms with Gasteiger partial charge in [0.15, 0.2) is 0 Å². The molecule has 192 valence electrons. The molecule has 1 aliphatic heterocycles. The maximum atomic E-state index is 14.1. The lowest BCUT2D eigenvalue weighted by Crippen LogP contribution is -2.41. The summed E-state index contributed by atoms with van der Waals surface area (Å²) in [5.74, 6) is 0.304. The molecular weight excluding hydrogens is 473 g/mol. The lowest BCUT2D eigenvalue weighted by atomic mass is 10.1. The summed E-state index contributed by atoms with van der Waals surface area (Å²) in [6.07, 6.45) is 8.82. The van der Waals surface area contributed by atoms with Gasteiger partial charge < -0.3 is 19.0 Å². The standard InChI is InChI=1S/C27H30FN7O2/c1-33(2)15-19-11-21(28)13-24(12-19)37-23-4-8-34(9-5-23)17-22(3-7-29)35-16-20(14-32-35)26-25-6-10-36-27(25)31-18-30-26/h6,10-14,16,18,22-23H,3-5,8-9,15,17H2,1-2H3. The molecule has 1 aliphatic rings. The van der Waals surface area contributed by atoms with Crippen LogP contribution in [0.3, 0.4) is 0 Å². The molecule has 0 saturated carbocycles. The Labute approximate surface area is 215 Å². The number of benzene rings is 1. The Kier molecular flexibility index (Phi) is 7.44. The van der Waals surface area contributed by atoms with Crippen molar-refractivity contribution in [2.24, 2.45) is 0 Å². The highest BCUT2D eigenvalue weighted by Crippen LogP contribution is 2.28. The van der Waals surface area contributed by atoms with Crippen LogP contribution in [0.4, 0.5) is 4.39 Å². The highest BCUT2D eigenvalue weighted by atomic mass is 19.1. The van der Waals surface area contributed by atoms with Crippen LogP contribution in [0, 0.1) is 17.1 Å². The number of rotatable bonds is 9. The Hall–Kier alpha value is -3.81. The van der Waals surface area contributed by atoms with Crippen LogP contribution in [-0.2, 0) is 6.54 Å². The van der Waals surface area contributed by atoms with Crippen LogP contribution in [0.2, 0.25) is 0 Å². The van der Waals surface area contributed by atoms with Crippen LogP contribution in [0.5, 0.6) is 5.75 Å². The summed E-state index contributed by atoms with van der Waals surface area (Å²) >= 11 is 0. The summed E-state index contributed by atoms with van der Waals surface area (Å²) in [5.41, 5.74) is 3.03. The van der Waals surface area contributed by atoms with Crippen molar-refractivity contribution in [2.75, 3.05) is 33.7 Å². The average molecular weight is 504 g/mol.